The molecule has 0 unspecified atom stereocenters. The topological polar surface area (TPSA) is 209 Å². The number of rotatable bonds is 17. The fourth-order valence-corrected chi connectivity index (χ4v) is 9.70. The van der Waals surface area contributed by atoms with Crippen molar-refractivity contribution in [2.75, 3.05) is 26.2 Å². The molecule has 1 aromatic rings. The van der Waals surface area contributed by atoms with E-state index in [1.807, 2.05) is 0 Å². The standard InChI is InChI=1S/C22H29N3O6.C21H39N3O4Si/c26-15-24(30)14-17(13-16-7-4-5-8-16)21(28)25-12-6-11-19(25)20(27)23-22(29)31-18-9-2-1-3-10-18;1-21(2,3)29(4,5)28-23(15-25)14-17(13-16-9-6-7-10-16)20(27)24-12-8-11-18(24)19(22)26/h1-3,9-10,15-17,19,30H,4-8,11-14H2,(H,23,27,29);15-18H,6-14H2,1-5H3,(H2,22,26)/t17-,19+;17-,18+/m11/s1. The first-order chi connectivity index (χ1) is 28.4. The van der Waals surface area contributed by atoms with Crippen LogP contribution in [0.3, 0.4) is 0 Å². The molecule has 0 bridgehead atoms. The molecule has 0 radical (unpaired) electrons. The molecule has 0 aromatic heterocycles. The van der Waals surface area contributed by atoms with Crippen LogP contribution in [0.25, 0.3) is 0 Å². The quantitative estimate of drug-likeness (QED) is 0.0788. The molecule has 4 N–H and O–H groups in total. The van der Waals surface area contributed by atoms with Crippen LogP contribution in [0, 0.1) is 23.7 Å². The third-order valence-corrected chi connectivity index (χ3v) is 17.3. The molecule has 2 saturated heterocycles. The second kappa shape index (κ2) is 22.5. The van der Waals surface area contributed by atoms with Gasteiger partial charge in [0.05, 0.1) is 24.9 Å². The lowest BCUT2D eigenvalue weighted by Crippen LogP contribution is -2.51. The van der Waals surface area contributed by atoms with Crippen LogP contribution in [-0.4, -0.2) is 114 Å². The van der Waals surface area contributed by atoms with Gasteiger partial charge in [0, 0.05) is 13.1 Å². The van der Waals surface area contributed by atoms with Crippen LogP contribution in [0.1, 0.15) is 111 Å². The predicted octanol–water partition coefficient (Wildman–Crippen LogP) is 5.39. The van der Waals surface area contributed by atoms with E-state index in [1.54, 1.807) is 35.2 Å². The Kier molecular flexibility index (Phi) is 18.1. The normalized spacial score (nSPS) is 20.8. The number of likely N-dealkylation sites (tertiary alicyclic amines) is 2. The minimum Gasteiger partial charge on any atom is -0.410 e. The summed E-state index contributed by atoms with van der Waals surface area (Å²) < 4.78 is 11.3. The maximum Gasteiger partial charge on any atom is 0.419 e. The summed E-state index contributed by atoms with van der Waals surface area (Å²) in [7, 11) is -2.20. The molecule has 4 aliphatic rings. The summed E-state index contributed by atoms with van der Waals surface area (Å²) in [5.41, 5.74) is 5.53. The van der Waals surface area contributed by atoms with Crippen molar-refractivity contribution in [2.45, 2.75) is 141 Å². The molecule has 60 heavy (non-hydrogen) atoms. The number of carbonyl (C=O) groups excluding carboxylic acids is 7. The number of benzene rings is 1. The summed E-state index contributed by atoms with van der Waals surface area (Å²) in [5.74, 6) is -1.19. The van der Waals surface area contributed by atoms with Gasteiger partial charge in [-0.05, 0) is 80.6 Å². The van der Waals surface area contributed by atoms with Crippen LogP contribution in [0.4, 0.5) is 4.79 Å². The molecule has 1 aromatic carbocycles. The van der Waals surface area contributed by atoms with Gasteiger partial charge < -0.3 is 24.8 Å². The average Bonchev–Trinajstić information content (AvgIpc) is 4.05. The lowest BCUT2D eigenvalue weighted by atomic mass is 9.91. The molecule has 16 nitrogen and oxygen atoms in total. The van der Waals surface area contributed by atoms with Crippen molar-refractivity contribution in [2.24, 2.45) is 29.4 Å². The van der Waals surface area contributed by atoms with Crippen molar-refractivity contribution in [3.05, 3.63) is 30.3 Å². The number of amides is 7. The van der Waals surface area contributed by atoms with Crippen molar-refractivity contribution in [1.82, 2.24) is 25.2 Å². The van der Waals surface area contributed by atoms with Gasteiger partial charge >= 0.3 is 6.09 Å². The molecule has 17 heteroatoms. The lowest BCUT2D eigenvalue weighted by molar-refractivity contribution is -0.158. The number of ether oxygens (including phenoxy) is 1. The minimum absolute atomic E-state index is 0.0504. The smallest absolute Gasteiger partial charge is 0.410 e. The Balaban J connectivity index is 0.000000265. The second-order valence-electron chi connectivity index (χ2n) is 18.4. The van der Waals surface area contributed by atoms with E-state index in [2.05, 4.69) is 39.2 Å². The highest BCUT2D eigenvalue weighted by Gasteiger charge is 2.43. The third kappa shape index (κ3) is 13.8. The number of nitrogens with two attached hydrogens (primary N) is 1. The number of para-hydroxylation sites is 1. The highest BCUT2D eigenvalue weighted by molar-refractivity contribution is 6.74. The number of hydroxylamine groups is 4. The lowest BCUT2D eigenvalue weighted by Gasteiger charge is -2.39. The van der Waals surface area contributed by atoms with Crippen LogP contribution in [0.2, 0.25) is 18.1 Å². The molecule has 5 rings (SSSR count). The van der Waals surface area contributed by atoms with Gasteiger partial charge in [0.2, 0.25) is 38.9 Å². The van der Waals surface area contributed by atoms with Crippen molar-refractivity contribution in [3.8, 4) is 5.75 Å². The average molecular weight is 857 g/mol. The number of imide groups is 1. The molecule has 2 heterocycles. The number of hydrogen-bond acceptors (Lipinski definition) is 10. The molecule has 0 spiro atoms. The summed E-state index contributed by atoms with van der Waals surface area (Å²) in [6, 6.07) is 7.06. The van der Waals surface area contributed by atoms with Crippen LogP contribution in [-0.2, 0) is 33.3 Å². The third-order valence-electron chi connectivity index (χ3n) is 13.0. The highest BCUT2D eigenvalue weighted by Crippen LogP contribution is 2.38. The summed E-state index contributed by atoms with van der Waals surface area (Å²) in [5, 5.41) is 13.7. The minimum atomic E-state index is -2.20. The van der Waals surface area contributed by atoms with Gasteiger partial charge in [-0.25, -0.2) is 14.9 Å². The first-order valence-corrected chi connectivity index (χ1v) is 24.6. The molecule has 2 saturated carbocycles. The van der Waals surface area contributed by atoms with E-state index >= 15 is 0 Å². The molecule has 4 fully saturated rings. The number of primary amides is 1. The Labute approximate surface area is 355 Å². The molecule has 2 aliphatic carbocycles. The van der Waals surface area contributed by atoms with Gasteiger partial charge in [-0.1, -0.05) is 90.3 Å². The predicted molar refractivity (Wildman–Crippen MR) is 225 cm³/mol. The van der Waals surface area contributed by atoms with Gasteiger partial charge in [-0.2, -0.15) is 0 Å². The first-order valence-electron chi connectivity index (χ1n) is 21.7. The zero-order chi connectivity index (χ0) is 44.0. The van der Waals surface area contributed by atoms with Gasteiger partial charge in [-0.3, -0.25) is 39.3 Å². The second-order valence-corrected chi connectivity index (χ2v) is 23.1. The maximum absolute atomic E-state index is 13.4. The van der Waals surface area contributed by atoms with Crippen molar-refractivity contribution >= 4 is 50.9 Å². The van der Waals surface area contributed by atoms with E-state index in [9.17, 15) is 38.8 Å². The van der Waals surface area contributed by atoms with E-state index in [1.165, 1.54) is 22.8 Å². The number of nitrogens with one attached hydrogen (secondary N) is 1. The van der Waals surface area contributed by atoms with Crippen molar-refractivity contribution < 1.29 is 48.0 Å². The summed E-state index contributed by atoms with van der Waals surface area (Å²) in [4.78, 5) is 89.0. The van der Waals surface area contributed by atoms with E-state index in [-0.39, 0.29) is 42.3 Å². The first kappa shape index (κ1) is 48.3. The Morgan fingerprint density at radius 1 is 0.800 bits per heavy atom. The zero-order valence-electron chi connectivity index (χ0n) is 36.2. The SMILES string of the molecule is CC(C)(C)[Si](C)(C)ON(C=O)C[C@@H](CC1CCCC1)C(=O)N1CCC[C@H]1C(N)=O.O=CN(O)C[C@@H](CC1CCCC1)C(=O)N1CCC[C@H]1C(=O)NC(=O)Oc1ccccc1. The monoisotopic (exact) mass is 856 g/mol. The van der Waals surface area contributed by atoms with Crippen LogP contribution in [0.15, 0.2) is 30.3 Å². The summed E-state index contributed by atoms with van der Waals surface area (Å²) in [6.45, 7) is 11.6. The van der Waals surface area contributed by atoms with Crippen LogP contribution < -0.4 is 15.8 Å². The van der Waals surface area contributed by atoms with Crippen LogP contribution >= 0.6 is 0 Å². The molecular weight excluding hydrogens is 789 g/mol. The summed E-state index contributed by atoms with van der Waals surface area (Å²) >= 11 is 0. The van der Waals surface area contributed by atoms with Gasteiger partial charge in [0.25, 0.3) is 5.91 Å². The van der Waals surface area contributed by atoms with E-state index in [4.69, 9.17) is 15.0 Å². The number of nitrogens with zero attached hydrogens (tertiary/aromatic N) is 4. The number of hydrogen-bond donors (Lipinski definition) is 3. The largest absolute Gasteiger partial charge is 0.419 e. The van der Waals surface area contributed by atoms with Crippen LogP contribution in [0.5, 0.6) is 5.75 Å². The fraction of sp³-hybridized carbons (Fsp3) is 0.698. The zero-order valence-corrected chi connectivity index (χ0v) is 37.2. The van der Waals surface area contributed by atoms with E-state index in [0.29, 0.717) is 67.8 Å². The molecule has 334 valence electrons. The van der Waals surface area contributed by atoms with Crippen molar-refractivity contribution in [3.63, 3.8) is 0 Å². The Hall–Kier alpha value is -4.35. The maximum atomic E-state index is 13.4. The van der Waals surface area contributed by atoms with Gasteiger partial charge in [-0.15, -0.1) is 0 Å². The Morgan fingerprint density at radius 2 is 1.30 bits per heavy atom. The highest BCUT2D eigenvalue weighted by atomic mass is 28.4. The Bertz CT molecular complexity index is 1610. The summed E-state index contributed by atoms with van der Waals surface area (Å²) in [6.07, 6.45) is 12.7. The Morgan fingerprint density at radius 3 is 1.78 bits per heavy atom. The van der Waals surface area contributed by atoms with Crippen molar-refractivity contribution in [1.29, 1.82) is 0 Å². The van der Waals surface area contributed by atoms with E-state index in [0.717, 1.165) is 51.4 Å². The molecule has 2 aliphatic heterocycles. The molecule has 7 amide bonds. The molecular formula is C43H68N6O10Si. The molecule has 4 atom stereocenters. The van der Waals surface area contributed by atoms with Gasteiger partial charge in [0.1, 0.15) is 17.8 Å². The van der Waals surface area contributed by atoms with Gasteiger partial charge in [0.15, 0.2) is 0 Å². The number of carbonyl (C=O) groups is 7. The fourth-order valence-electron chi connectivity index (χ4n) is 8.73. The van der Waals surface area contributed by atoms with E-state index < -0.39 is 44.2 Å².